The number of nitrogens with one attached hydrogen (secondary N) is 1. The topological polar surface area (TPSA) is 66.4 Å². The van der Waals surface area contributed by atoms with Gasteiger partial charge in [0.25, 0.3) is 0 Å². The Labute approximate surface area is 105 Å². The maximum absolute atomic E-state index is 12.1. The van der Waals surface area contributed by atoms with Gasteiger partial charge in [0.1, 0.15) is 0 Å². The van der Waals surface area contributed by atoms with Crippen LogP contribution in [-0.2, 0) is 9.84 Å². The molecule has 0 radical (unpaired) electrons. The van der Waals surface area contributed by atoms with Gasteiger partial charge in [-0.2, -0.15) is 0 Å². The summed E-state index contributed by atoms with van der Waals surface area (Å²) in [5.74, 6) is 0.165. The van der Waals surface area contributed by atoms with E-state index in [0.29, 0.717) is 6.42 Å². The summed E-state index contributed by atoms with van der Waals surface area (Å²) in [6, 6.07) is 0. The van der Waals surface area contributed by atoms with Gasteiger partial charge in [-0.15, -0.1) is 0 Å². The zero-order valence-electron chi connectivity index (χ0n) is 11.1. The average molecular weight is 263 g/mol. The molecule has 1 fully saturated rings. The number of rotatable bonds is 4. The van der Waals surface area contributed by atoms with Crippen molar-refractivity contribution in [3.8, 4) is 0 Å². The molecule has 1 unspecified atom stereocenters. The van der Waals surface area contributed by atoms with E-state index in [1.165, 1.54) is 0 Å². The highest BCUT2D eigenvalue weighted by Gasteiger charge is 2.36. The molecule has 1 heterocycles. The number of aliphatic hydroxyl groups is 1. The number of hydrogen-bond donors (Lipinski definition) is 2. The Kier molecular flexibility index (Phi) is 4.60. The molecule has 1 aliphatic rings. The third kappa shape index (κ3) is 3.66. The van der Waals surface area contributed by atoms with Gasteiger partial charge in [0.15, 0.2) is 9.84 Å². The lowest BCUT2D eigenvalue weighted by Gasteiger charge is -2.36. The van der Waals surface area contributed by atoms with E-state index in [-0.39, 0.29) is 17.8 Å². The SMILES string of the molecule is CC(C)(C)S(=O)(=O)CCC1(CO)CCCNC1. The van der Waals surface area contributed by atoms with Crippen LogP contribution in [0.4, 0.5) is 0 Å². The smallest absolute Gasteiger partial charge is 0.155 e. The first kappa shape index (κ1) is 14.9. The minimum Gasteiger partial charge on any atom is -0.396 e. The zero-order chi connectivity index (χ0) is 13.2. The largest absolute Gasteiger partial charge is 0.396 e. The molecular weight excluding hydrogens is 238 g/mol. The summed E-state index contributed by atoms with van der Waals surface area (Å²) >= 11 is 0. The second-order valence-corrected chi connectivity index (χ2v) is 8.98. The van der Waals surface area contributed by atoms with Gasteiger partial charge >= 0.3 is 0 Å². The van der Waals surface area contributed by atoms with E-state index >= 15 is 0 Å². The molecule has 0 bridgehead atoms. The van der Waals surface area contributed by atoms with Crippen LogP contribution in [0.2, 0.25) is 0 Å². The van der Waals surface area contributed by atoms with Crippen LogP contribution in [0.1, 0.15) is 40.0 Å². The molecule has 1 saturated heterocycles. The first-order valence-corrected chi connectivity index (χ1v) is 7.92. The number of sulfone groups is 1. The van der Waals surface area contributed by atoms with Gasteiger partial charge in [-0.3, -0.25) is 0 Å². The predicted octanol–water partition coefficient (Wildman–Crippen LogP) is 0.952. The maximum Gasteiger partial charge on any atom is 0.155 e. The van der Waals surface area contributed by atoms with Crippen molar-refractivity contribution in [2.24, 2.45) is 5.41 Å². The molecule has 0 aromatic carbocycles. The predicted molar refractivity (Wildman–Crippen MR) is 69.8 cm³/mol. The van der Waals surface area contributed by atoms with Gasteiger partial charge < -0.3 is 10.4 Å². The maximum atomic E-state index is 12.1. The van der Waals surface area contributed by atoms with Crippen LogP contribution in [0, 0.1) is 5.41 Å². The minimum absolute atomic E-state index is 0.0691. The van der Waals surface area contributed by atoms with Crippen LogP contribution in [0.25, 0.3) is 0 Å². The molecule has 1 atom stereocenters. The molecule has 1 aliphatic heterocycles. The molecule has 0 amide bonds. The molecule has 0 spiro atoms. The Morgan fingerprint density at radius 3 is 2.41 bits per heavy atom. The van der Waals surface area contributed by atoms with Gasteiger partial charge in [0.05, 0.1) is 10.5 Å². The van der Waals surface area contributed by atoms with Crippen molar-refractivity contribution in [1.29, 1.82) is 0 Å². The molecule has 0 aromatic heterocycles. The Morgan fingerprint density at radius 1 is 1.35 bits per heavy atom. The van der Waals surface area contributed by atoms with Gasteiger partial charge in [-0.25, -0.2) is 8.42 Å². The van der Waals surface area contributed by atoms with Crippen LogP contribution >= 0.6 is 0 Å². The summed E-state index contributed by atoms with van der Waals surface area (Å²) in [4.78, 5) is 0. The highest BCUT2D eigenvalue weighted by Crippen LogP contribution is 2.31. The van der Waals surface area contributed by atoms with Crippen molar-refractivity contribution in [2.45, 2.75) is 44.8 Å². The standard InChI is InChI=1S/C12H25NO3S/c1-11(2,3)17(15,16)8-6-12(10-14)5-4-7-13-9-12/h13-14H,4-10H2,1-3H3. The molecule has 0 aliphatic carbocycles. The van der Waals surface area contributed by atoms with E-state index < -0.39 is 14.6 Å². The summed E-state index contributed by atoms with van der Waals surface area (Å²) < 4.78 is 23.4. The number of aliphatic hydroxyl groups excluding tert-OH is 1. The van der Waals surface area contributed by atoms with Crippen molar-refractivity contribution in [3.05, 3.63) is 0 Å². The Bertz CT molecular complexity index is 337. The first-order chi connectivity index (χ1) is 7.72. The quantitative estimate of drug-likeness (QED) is 0.792. The van der Waals surface area contributed by atoms with Crippen molar-refractivity contribution >= 4 is 9.84 Å². The highest BCUT2D eigenvalue weighted by atomic mass is 32.2. The molecular formula is C12H25NO3S. The number of piperidine rings is 1. The second kappa shape index (κ2) is 5.24. The van der Waals surface area contributed by atoms with E-state index in [0.717, 1.165) is 25.9 Å². The molecule has 17 heavy (non-hydrogen) atoms. The molecule has 0 aromatic rings. The lowest BCUT2D eigenvalue weighted by atomic mass is 9.79. The van der Waals surface area contributed by atoms with E-state index in [4.69, 9.17) is 0 Å². The monoisotopic (exact) mass is 263 g/mol. The van der Waals surface area contributed by atoms with Crippen molar-refractivity contribution < 1.29 is 13.5 Å². The fraction of sp³-hybridized carbons (Fsp3) is 1.00. The third-order valence-corrected chi connectivity index (χ3v) is 6.34. The van der Waals surface area contributed by atoms with Crippen molar-refractivity contribution in [2.75, 3.05) is 25.4 Å². The Morgan fingerprint density at radius 2 is 2.00 bits per heavy atom. The fourth-order valence-corrected chi connectivity index (χ4v) is 3.43. The van der Waals surface area contributed by atoms with Crippen molar-refractivity contribution in [3.63, 3.8) is 0 Å². The van der Waals surface area contributed by atoms with Crippen LogP contribution < -0.4 is 5.32 Å². The van der Waals surface area contributed by atoms with Crippen molar-refractivity contribution in [1.82, 2.24) is 5.32 Å². The molecule has 102 valence electrons. The van der Waals surface area contributed by atoms with E-state index in [2.05, 4.69) is 5.32 Å². The van der Waals surface area contributed by atoms with Crippen LogP contribution in [0.3, 0.4) is 0 Å². The molecule has 2 N–H and O–H groups in total. The normalized spacial score (nSPS) is 27.1. The average Bonchev–Trinajstić information content (AvgIpc) is 2.26. The van der Waals surface area contributed by atoms with Gasteiger partial charge in [0, 0.05) is 18.6 Å². The fourth-order valence-electron chi connectivity index (χ4n) is 2.11. The summed E-state index contributed by atoms with van der Waals surface area (Å²) in [7, 11) is -3.08. The van der Waals surface area contributed by atoms with Crippen LogP contribution in [0.15, 0.2) is 0 Å². The molecule has 0 saturated carbocycles. The molecule has 1 rings (SSSR count). The minimum atomic E-state index is -3.08. The Balaban J connectivity index is 2.65. The lowest BCUT2D eigenvalue weighted by Crippen LogP contribution is -2.44. The third-order valence-electron chi connectivity index (χ3n) is 3.73. The van der Waals surface area contributed by atoms with Crippen LogP contribution in [-0.4, -0.2) is 43.7 Å². The van der Waals surface area contributed by atoms with Crippen LogP contribution in [0.5, 0.6) is 0 Å². The lowest BCUT2D eigenvalue weighted by molar-refractivity contribution is 0.0914. The number of hydrogen-bond acceptors (Lipinski definition) is 4. The first-order valence-electron chi connectivity index (χ1n) is 6.26. The van der Waals surface area contributed by atoms with E-state index in [1.807, 2.05) is 0 Å². The second-order valence-electron chi connectivity index (χ2n) is 6.12. The summed E-state index contributed by atoms with van der Waals surface area (Å²) in [5, 5.41) is 12.8. The Hall–Kier alpha value is -0.130. The van der Waals surface area contributed by atoms with Gasteiger partial charge in [0.2, 0.25) is 0 Å². The zero-order valence-corrected chi connectivity index (χ0v) is 11.9. The van der Waals surface area contributed by atoms with Gasteiger partial charge in [-0.1, -0.05) is 0 Å². The highest BCUT2D eigenvalue weighted by molar-refractivity contribution is 7.92. The molecule has 4 nitrogen and oxygen atoms in total. The van der Waals surface area contributed by atoms with E-state index in [9.17, 15) is 13.5 Å². The van der Waals surface area contributed by atoms with E-state index in [1.54, 1.807) is 20.8 Å². The summed E-state index contributed by atoms with van der Waals surface area (Å²) in [5.41, 5.74) is -0.240. The molecule has 5 heteroatoms. The summed E-state index contributed by atoms with van der Waals surface area (Å²) in [6.45, 7) is 6.95. The van der Waals surface area contributed by atoms with Gasteiger partial charge in [-0.05, 0) is 46.6 Å². The summed E-state index contributed by atoms with van der Waals surface area (Å²) in [6.07, 6.45) is 2.47.